The summed E-state index contributed by atoms with van der Waals surface area (Å²) in [5, 5.41) is 1.10. The molecule has 54 valence electrons. The maximum Gasteiger partial charge on any atom is 0.0737 e. The van der Waals surface area contributed by atoms with Crippen molar-refractivity contribution in [2.24, 2.45) is 0 Å². The van der Waals surface area contributed by atoms with Crippen molar-refractivity contribution in [1.29, 1.82) is 0 Å². The van der Waals surface area contributed by atoms with Gasteiger partial charge in [-0.3, -0.25) is 0 Å². The Morgan fingerprint density at radius 3 is 2.30 bits per heavy atom. The van der Waals surface area contributed by atoms with Crippen LogP contribution in [0, 0.1) is 3.57 Å². The average molecular weight is 305 g/mol. The van der Waals surface area contributed by atoms with Gasteiger partial charge in [0.2, 0.25) is 0 Å². The van der Waals surface area contributed by atoms with Gasteiger partial charge in [-0.25, -0.2) is 0 Å². The third-order valence-corrected chi connectivity index (χ3v) is 3.62. The van der Waals surface area contributed by atoms with Gasteiger partial charge in [0, 0.05) is 8.47 Å². The molecule has 0 heterocycles. The molecule has 0 radical (unpaired) electrons. The van der Waals surface area contributed by atoms with Gasteiger partial charge in [-0.15, -0.1) is 12.6 Å². The van der Waals surface area contributed by atoms with Crippen LogP contribution < -0.4 is 0 Å². The summed E-state index contributed by atoms with van der Waals surface area (Å²) in [4.78, 5) is 0.715. The van der Waals surface area contributed by atoms with E-state index in [0.29, 0.717) is 14.9 Å². The van der Waals surface area contributed by atoms with Crippen LogP contribution in [0.4, 0.5) is 0 Å². The molecule has 0 unspecified atom stereocenters. The Bertz CT molecular complexity index is 235. The SMILES string of the molecule is Sc1ccc(I)c(Cl)c1Cl. The van der Waals surface area contributed by atoms with Gasteiger partial charge in [0.15, 0.2) is 0 Å². The lowest BCUT2D eigenvalue weighted by molar-refractivity contribution is 1.45. The van der Waals surface area contributed by atoms with Crippen molar-refractivity contribution in [3.05, 3.63) is 25.7 Å². The van der Waals surface area contributed by atoms with Gasteiger partial charge in [-0.1, -0.05) is 23.2 Å². The van der Waals surface area contributed by atoms with Crippen LogP contribution in [0.3, 0.4) is 0 Å². The second kappa shape index (κ2) is 3.52. The number of rotatable bonds is 0. The summed E-state index contributed by atoms with van der Waals surface area (Å²) < 4.78 is 0.946. The molecule has 0 bridgehead atoms. The lowest BCUT2D eigenvalue weighted by Gasteiger charge is -2.00. The highest BCUT2D eigenvalue weighted by molar-refractivity contribution is 14.1. The molecule has 0 aliphatic rings. The quantitative estimate of drug-likeness (QED) is 0.420. The lowest BCUT2D eigenvalue weighted by Crippen LogP contribution is -1.76. The van der Waals surface area contributed by atoms with Crippen LogP contribution in [-0.2, 0) is 0 Å². The van der Waals surface area contributed by atoms with E-state index in [1.54, 1.807) is 0 Å². The maximum atomic E-state index is 5.79. The largest absolute Gasteiger partial charge is 0.142 e. The van der Waals surface area contributed by atoms with Gasteiger partial charge in [0.1, 0.15) is 0 Å². The molecule has 0 aliphatic heterocycles. The molecule has 1 aromatic rings. The van der Waals surface area contributed by atoms with Gasteiger partial charge in [0.05, 0.1) is 10.0 Å². The highest BCUT2D eigenvalue weighted by atomic mass is 127. The fraction of sp³-hybridized carbons (Fsp3) is 0. The molecule has 0 fully saturated rings. The molecule has 0 saturated heterocycles. The zero-order chi connectivity index (χ0) is 7.72. The van der Waals surface area contributed by atoms with Gasteiger partial charge in [0.25, 0.3) is 0 Å². The van der Waals surface area contributed by atoms with Crippen LogP contribution in [0.15, 0.2) is 17.0 Å². The van der Waals surface area contributed by atoms with E-state index in [0.717, 1.165) is 3.57 Å². The van der Waals surface area contributed by atoms with E-state index < -0.39 is 0 Å². The molecule has 1 aromatic carbocycles. The molecular weight excluding hydrogens is 302 g/mol. The second-order valence-corrected chi connectivity index (χ2v) is 4.09. The molecule has 10 heavy (non-hydrogen) atoms. The molecule has 0 aromatic heterocycles. The Labute approximate surface area is 88.5 Å². The van der Waals surface area contributed by atoms with Crippen molar-refractivity contribution in [2.45, 2.75) is 4.90 Å². The number of thiol groups is 1. The van der Waals surface area contributed by atoms with Crippen molar-refractivity contribution in [3.63, 3.8) is 0 Å². The molecule has 0 aliphatic carbocycles. The Hall–Kier alpha value is 0.880. The minimum absolute atomic E-state index is 0.525. The van der Waals surface area contributed by atoms with Crippen molar-refractivity contribution < 1.29 is 0 Å². The maximum absolute atomic E-state index is 5.79. The highest BCUT2D eigenvalue weighted by Gasteiger charge is 2.04. The first-order valence-electron chi connectivity index (χ1n) is 2.45. The molecule has 0 nitrogen and oxygen atoms in total. The normalized spacial score (nSPS) is 10.0. The van der Waals surface area contributed by atoms with Crippen molar-refractivity contribution in [1.82, 2.24) is 0 Å². The average Bonchev–Trinajstić information content (AvgIpc) is 1.93. The van der Waals surface area contributed by atoms with Gasteiger partial charge < -0.3 is 0 Å². The first-order chi connectivity index (χ1) is 4.63. The summed E-state index contributed by atoms with van der Waals surface area (Å²) in [7, 11) is 0. The summed E-state index contributed by atoms with van der Waals surface area (Å²) in [5.41, 5.74) is 0. The molecule has 0 N–H and O–H groups in total. The molecule has 1 rings (SSSR count). The molecule has 4 heteroatoms. The minimum atomic E-state index is 0.525. The monoisotopic (exact) mass is 304 g/mol. The first kappa shape index (κ1) is 8.97. The second-order valence-electron chi connectivity index (χ2n) is 1.69. The first-order valence-corrected chi connectivity index (χ1v) is 4.73. The van der Waals surface area contributed by atoms with Crippen LogP contribution >= 0.6 is 58.4 Å². The van der Waals surface area contributed by atoms with Crippen LogP contribution in [0.5, 0.6) is 0 Å². The van der Waals surface area contributed by atoms with Crippen LogP contribution in [0.25, 0.3) is 0 Å². The minimum Gasteiger partial charge on any atom is -0.142 e. The fourth-order valence-electron chi connectivity index (χ4n) is 0.516. The third-order valence-electron chi connectivity index (χ3n) is 1.01. The molecule has 0 saturated carbocycles. The Kier molecular flexibility index (Phi) is 3.16. The molecule has 0 atom stereocenters. The molecular formula is C6H3Cl2IS. The van der Waals surface area contributed by atoms with E-state index in [-0.39, 0.29) is 0 Å². The topological polar surface area (TPSA) is 0 Å². The standard InChI is InChI=1S/C6H3Cl2IS/c7-5-3(9)1-2-4(10)6(5)8/h1-2,10H. The number of hydrogen-bond donors (Lipinski definition) is 1. The van der Waals surface area contributed by atoms with Gasteiger partial charge in [-0.05, 0) is 34.7 Å². The van der Waals surface area contributed by atoms with Gasteiger partial charge >= 0.3 is 0 Å². The Morgan fingerprint density at radius 2 is 1.80 bits per heavy atom. The number of benzene rings is 1. The zero-order valence-corrected chi connectivity index (χ0v) is 9.30. The summed E-state index contributed by atoms with van der Waals surface area (Å²) in [6.45, 7) is 0. The van der Waals surface area contributed by atoms with E-state index in [2.05, 4.69) is 35.2 Å². The van der Waals surface area contributed by atoms with E-state index in [1.807, 2.05) is 12.1 Å². The predicted molar refractivity (Wildman–Crippen MR) is 56.4 cm³/mol. The third kappa shape index (κ3) is 1.72. The van der Waals surface area contributed by atoms with Gasteiger partial charge in [-0.2, -0.15) is 0 Å². The van der Waals surface area contributed by atoms with E-state index in [4.69, 9.17) is 23.2 Å². The van der Waals surface area contributed by atoms with Crippen LogP contribution in [-0.4, -0.2) is 0 Å². The van der Waals surface area contributed by atoms with E-state index in [1.165, 1.54) is 0 Å². The van der Waals surface area contributed by atoms with E-state index in [9.17, 15) is 0 Å². The molecule has 0 amide bonds. The Balaban J connectivity index is 3.34. The van der Waals surface area contributed by atoms with Crippen LogP contribution in [0.2, 0.25) is 10.0 Å². The summed E-state index contributed by atoms with van der Waals surface area (Å²) >= 11 is 17.8. The summed E-state index contributed by atoms with van der Waals surface area (Å²) in [5.74, 6) is 0. The van der Waals surface area contributed by atoms with E-state index >= 15 is 0 Å². The number of halogens is 3. The fourth-order valence-corrected chi connectivity index (χ4v) is 1.71. The predicted octanol–water partition coefficient (Wildman–Crippen LogP) is 3.89. The molecule has 0 spiro atoms. The van der Waals surface area contributed by atoms with Crippen molar-refractivity contribution in [3.8, 4) is 0 Å². The summed E-state index contributed by atoms with van der Waals surface area (Å²) in [6.07, 6.45) is 0. The summed E-state index contributed by atoms with van der Waals surface area (Å²) in [6, 6.07) is 3.69. The van der Waals surface area contributed by atoms with Crippen molar-refractivity contribution in [2.75, 3.05) is 0 Å². The van der Waals surface area contributed by atoms with Crippen LogP contribution in [0.1, 0.15) is 0 Å². The smallest absolute Gasteiger partial charge is 0.0737 e. The highest BCUT2D eigenvalue weighted by Crippen LogP contribution is 2.31. The van der Waals surface area contributed by atoms with Crippen molar-refractivity contribution >= 4 is 58.4 Å². The number of hydrogen-bond acceptors (Lipinski definition) is 1. The Morgan fingerprint density at radius 1 is 1.20 bits per heavy atom. The zero-order valence-electron chi connectivity index (χ0n) is 4.74. The lowest BCUT2D eigenvalue weighted by atomic mass is 10.4.